The third-order valence-electron chi connectivity index (χ3n) is 3.26. The molecule has 0 radical (unpaired) electrons. The molecule has 0 saturated carbocycles. The van der Waals surface area contributed by atoms with Crippen LogP contribution in [-0.4, -0.2) is 36.6 Å². The molecule has 0 aliphatic heterocycles. The third-order valence-corrected chi connectivity index (χ3v) is 4.37. The van der Waals surface area contributed by atoms with Crippen LogP contribution in [-0.2, 0) is 0 Å². The smallest absolute Gasteiger partial charge is 0.281 e. The van der Waals surface area contributed by atoms with E-state index in [-0.39, 0.29) is 5.24 Å². The van der Waals surface area contributed by atoms with E-state index in [1.807, 2.05) is 6.07 Å². The second-order valence-electron chi connectivity index (χ2n) is 5.74. The van der Waals surface area contributed by atoms with Gasteiger partial charge in [0.05, 0.1) is 6.61 Å². The zero-order chi connectivity index (χ0) is 15.8. The lowest BCUT2D eigenvalue weighted by Crippen LogP contribution is -2.16. The Morgan fingerprint density at radius 1 is 1.29 bits per heavy atom. The second kappa shape index (κ2) is 8.98. The molecular formula is C17H27NO2S. The molecule has 118 valence electrons. The van der Waals surface area contributed by atoms with Gasteiger partial charge in [0.25, 0.3) is 5.24 Å². The van der Waals surface area contributed by atoms with Gasteiger partial charge in [-0.05, 0) is 48.9 Å². The number of benzene rings is 1. The molecule has 0 spiro atoms. The lowest BCUT2D eigenvalue weighted by atomic mass is 9.98. The van der Waals surface area contributed by atoms with Crippen molar-refractivity contribution in [2.24, 2.45) is 0 Å². The summed E-state index contributed by atoms with van der Waals surface area (Å²) in [7, 11) is 3.56. The minimum absolute atomic E-state index is 0.121. The number of aryl methyl sites for hydroxylation is 1. The Morgan fingerprint density at radius 2 is 2.00 bits per heavy atom. The molecule has 0 atom stereocenters. The van der Waals surface area contributed by atoms with E-state index in [4.69, 9.17) is 4.74 Å². The summed E-state index contributed by atoms with van der Waals surface area (Å²) in [5, 5.41) is 0.121. The van der Waals surface area contributed by atoms with Gasteiger partial charge in [-0.3, -0.25) is 4.79 Å². The van der Waals surface area contributed by atoms with Gasteiger partial charge in [0.15, 0.2) is 0 Å². The zero-order valence-corrected chi connectivity index (χ0v) is 14.6. The van der Waals surface area contributed by atoms with E-state index >= 15 is 0 Å². The number of hydrogen-bond acceptors (Lipinski definition) is 3. The Morgan fingerprint density at radius 3 is 2.57 bits per heavy atom. The number of amides is 1. The molecule has 0 unspecified atom stereocenters. The van der Waals surface area contributed by atoms with Crippen LogP contribution in [0.5, 0.6) is 5.75 Å². The Kier molecular flexibility index (Phi) is 7.65. The highest BCUT2D eigenvalue weighted by molar-refractivity contribution is 8.13. The minimum atomic E-state index is 0.121. The van der Waals surface area contributed by atoms with E-state index in [9.17, 15) is 4.79 Å². The van der Waals surface area contributed by atoms with Gasteiger partial charge < -0.3 is 9.64 Å². The summed E-state index contributed by atoms with van der Waals surface area (Å²) < 4.78 is 5.77. The number of ether oxygens (including phenoxy) is 1. The molecule has 3 nitrogen and oxygen atoms in total. The number of carbonyl (C=O) groups is 1. The number of unbranched alkanes of at least 4 members (excludes halogenated alkanes) is 1. The monoisotopic (exact) mass is 309 g/mol. The molecule has 0 aliphatic carbocycles. The quantitative estimate of drug-likeness (QED) is 0.684. The van der Waals surface area contributed by atoms with Crippen LogP contribution in [0.4, 0.5) is 4.79 Å². The number of carbonyl (C=O) groups excluding carboxylic acids is 1. The highest BCUT2D eigenvalue weighted by Gasteiger charge is 2.05. The van der Waals surface area contributed by atoms with Crippen LogP contribution in [0.3, 0.4) is 0 Å². The molecule has 1 aromatic carbocycles. The van der Waals surface area contributed by atoms with Crippen molar-refractivity contribution in [1.29, 1.82) is 0 Å². The molecule has 0 aromatic heterocycles. The summed E-state index contributed by atoms with van der Waals surface area (Å²) in [6.45, 7) is 7.24. The summed E-state index contributed by atoms with van der Waals surface area (Å²) in [6.07, 6.45) is 1.96. The number of thioether (sulfide) groups is 1. The molecule has 0 fully saturated rings. The van der Waals surface area contributed by atoms with Crippen LogP contribution in [0.25, 0.3) is 0 Å². The second-order valence-corrected chi connectivity index (χ2v) is 6.78. The van der Waals surface area contributed by atoms with Gasteiger partial charge in [-0.1, -0.05) is 31.7 Å². The van der Waals surface area contributed by atoms with Crippen LogP contribution >= 0.6 is 11.8 Å². The van der Waals surface area contributed by atoms with Crippen LogP contribution in [0, 0.1) is 6.92 Å². The van der Waals surface area contributed by atoms with Crippen molar-refractivity contribution in [3.05, 3.63) is 29.3 Å². The van der Waals surface area contributed by atoms with Crippen LogP contribution in [0.2, 0.25) is 0 Å². The third kappa shape index (κ3) is 6.42. The first-order valence-electron chi connectivity index (χ1n) is 7.49. The van der Waals surface area contributed by atoms with Crippen LogP contribution in [0.15, 0.2) is 18.2 Å². The molecular weight excluding hydrogens is 282 g/mol. The number of nitrogens with zero attached hydrogens (tertiary/aromatic N) is 1. The van der Waals surface area contributed by atoms with E-state index in [0.717, 1.165) is 24.3 Å². The fraction of sp³-hybridized carbons (Fsp3) is 0.588. The van der Waals surface area contributed by atoms with Crippen molar-refractivity contribution in [3.63, 3.8) is 0 Å². The van der Waals surface area contributed by atoms with Gasteiger partial charge in [-0.25, -0.2) is 0 Å². The molecule has 1 aromatic rings. The summed E-state index contributed by atoms with van der Waals surface area (Å²) >= 11 is 1.37. The van der Waals surface area contributed by atoms with E-state index in [1.165, 1.54) is 22.9 Å². The minimum Gasteiger partial charge on any atom is -0.494 e. The maximum atomic E-state index is 11.4. The van der Waals surface area contributed by atoms with Gasteiger partial charge in [0.2, 0.25) is 0 Å². The summed E-state index contributed by atoms with van der Waals surface area (Å²) in [5.41, 5.74) is 2.66. The highest BCUT2D eigenvalue weighted by Crippen LogP contribution is 2.23. The van der Waals surface area contributed by atoms with E-state index in [0.29, 0.717) is 12.5 Å². The molecule has 21 heavy (non-hydrogen) atoms. The first kappa shape index (κ1) is 17.9. The van der Waals surface area contributed by atoms with Gasteiger partial charge in [-0.15, -0.1) is 0 Å². The molecule has 1 amide bonds. The average Bonchev–Trinajstić information content (AvgIpc) is 2.41. The van der Waals surface area contributed by atoms with Gasteiger partial charge in [-0.2, -0.15) is 0 Å². The lowest BCUT2D eigenvalue weighted by molar-refractivity contribution is 0.241. The summed E-state index contributed by atoms with van der Waals surface area (Å²) in [5.74, 6) is 2.34. The van der Waals surface area contributed by atoms with Crippen molar-refractivity contribution in [1.82, 2.24) is 4.90 Å². The molecule has 0 saturated heterocycles. The number of hydrogen-bond donors (Lipinski definition) is 0. The molecule has 0 N–H and O–H groups in total. The molecule has 4 heteroatoms. The maximum absolute atomic E-state index is 11.4. The highest BCUT2D eigenvalue weighted by atomic mass is 32.2. The molecule has 0 heterocycles. The van der Waals surface area contributed by atoms with E-state index in [1.54, 1.807) is 19.0 Å². The predicted molar refractivity (Wildman–Crippen MR) is 91.5 cm³/mol. The first-order chi connectivity index (χ1) is 9.91. The van der Waals surface area contributed by atoms with Gasteiger partial charge >= 0.3 is 0 Å². The Balaban J connectivity index is 2.24. The van der Waals surface area contributed by atoms with Crippen LogP contribution < -0.4 is 4.74 Å². The lowest BCUT2D eigenvalue weighted by Gasteiger charge is -2.12. The van der Waals surface area contributed by atoms with Gasteiger partial charge in [0.1, 0.15) is 5.75 Å². The molecule has 0 bridgehead atoms. The standard InChI is InChI=1S/C17H27NO2S/c1-13(2)16-9-8-15(12-14(16)3)20-10-6-7-11-21-17(19)18(4)5/h8-9,12-13H,6-7,10-11H2,1-5H3. The maximum Gasteiger partial charge on any atom is 0.281 e. The van der Waals surface area contributed by atoms with Crippen molar-refractivity contribution in [2.45, 2.75) is 39.5 Å². The fourth-order valence-electron chi connectivity index (χ4n) is 2.07. The normalized spacial score (nSPS) is 10.8. The van der Waals surface area contributed by atoms with Crippen LogP contribution in [0.1, 0.15) is 43.7 Å². The number of rotatable bonds is 7. The Bertz CT molecular complexity index is 458. The Hall–Kier alpha value is -1.16. The Labute approximate surface area is 133 Å². The van der Waals surface area contributed by atoms with Crippen molar-refractivity contribution in [2.75, 3.05) is 26.5 Å². The van der Waals surface area contributed by atoms with Crippen molar-refractivity contribution in [3.8, 4) is 5.75 Å². The zero-order valence-electron chi connectivity index (χ0n) is 13.8. The van der Waals surface area contributed by atoms with Crippen molar-refractivity contribution >= 4 is 17.0 Å². The largest absolute Gasteiger partial charge is 0.494 e. The van der Waals surface area contributed by atoms with Crippen molar-refractivity contribution < 1.29 is 9.53 Å². The molecule has 0 aliphatic rings. The summed E-state index contributed by atoms with van der Waals surface area (Å²) in [6, 6.07) is 6.31. The predicted octanol–water partition coefficient (Wildman–Crippen LogP) is 4.69. The van der Waals surface area contributed by atoms with E-state index < -0.39 is 0 Å². The fourth-order valence-corrected chi connectivity index (χ4v) is 2.85. The average molecular weight is 309 g/mol. The topological polar surface area (TPSA) is 29.5 Å². The first-order valence-corrected chi connectivity index (χ1v) is 8.47. The van der Waals surface area contributed by atoms with Gasteiger partial charge in [0, 0.05) is 19.8 Å². The summed E-state index contributed by atoms with van der Waals surface area (Å²) in [4.78, 5) is 13.0. The van der Waals surface area contributed by atoms with E-state index in [2.05, 4.69) is 32.9 Å². The molecule has 1 rings (SSSR count). The SMILES string of the molecule is Cc1cc(OCCCCSC(=O)N(C)C)ccc1C(C)C.